The Kier molecular flexibility index (Phi) is 9.95. The van der Waals surface area contributed by atoms with Gasteiger partial charge in [-0.25, -0.2) is 14.8 Å². The molecule has 0 bridgehead atoms. The SMILES string of the molecule is CC.CC(C)(C)OC(=O)NCCNc1nc(N)c(-c2cccc(Cl)c2Cl)nc1Br. The van der Waals surface area contributed by atoms with Crippen LogP contribution in [0.2, 0.25) is 10.0 Å². The molecule has 0 aliphatic rings. The van der Waals surface area contributed by atoms with E-state index in [1.54, 1.807) is 39.0 Å². The second kappa shape index (κ2) is 11.4. The minimum Gasteiger partial charge on any atom is -0.444 e. The number of rotatable bonds is 5. The highest BCUT2D eigenvalue weighted by molar-refractivity contribution is 9.10. The molecule has 0 radical (unpaired) electrons. The first-order valence-corrected chi connectivity index (χ1v) is 10.6. The smallest absolute Gasteiger partial charge is 0.407 e. The van der Waals surface area contributed by atoms with E-state index in [9.17, 15) is 4.79 Å². The third kappa shape index (κ3) is 7.87. The van der Waals surface area contributed by atoms with E-state index in [-0.39, 0.29) is 5.82 Å². The van der Waals surface area contributed by atoms with Crippen LogP contribution in [0.5, 0.6) is 0 Å². The number of benzene rings is 1. The van der Waals surface area contributed by atoms with Gasteiger partial charge in [0.2, 0.25) is 0 Å². The maximum atomic E-state index is 11.6. The van der Waals surface area contributed by atoms with Crippen LogP contribution < -0.4 is 16.4 Å². The topological polar surface area (TPSA) is 102 Å². The van der Waals surface area contributed by atoms with Crippen LogP contribution in [-0.4, -0.2) is 34.8 Å². The van der Waals surface area contributed by atoms with E-state index in [1.165, 1.54) is 0 Å². The lowest BCUT2D eigenvalue weighted by atomic mass is 10.1. The van der Waals surface area contributed by atoms with E-state index in [0.717, 1.165) is 0 Å². The van der Waals surface area contributed by atoms with Crippen molar-refractivity contribution in [2.24, 2.45) is 0 Å². The van der Waals surface area contributed by atoms with E-state index in [2.05, 4.69) is 36.5 Å². The molecule has 0 atom stereocenters. The van der Waals surface area contributed by atoms with E-state index in [0.29, 0.717) is 44.8 Å². The predicted molar refractivity (Wildman–Crippen MR) is 124 cm³/mol. The third-order valence-corrected chi connectivity index (χ3v) is 4.54. The number of amides is 1. The normalized spacial score (nSPS) is 10.6. The molecule has 4 N–H and O–H groups in total. The lowest BCUT2D eigenvalue weighted by Gasteiger charge is -2.19. The van der Waals surface area contributed by atoms with Gasteiger partial charge in [-0.15, -0.1) is 0 Å². The Morgan fingerprint density at radius 2 is 1.86 bits per heavy atom. The number of hydrogen-bond donors (Lipinski definition) is 3. The summed E-state index contributed by atoms with van der Waals surface area (Å²) in [5, 5.41) is 6.45. The number of carbonyl (C=O) groups excluding carboxylic acids is 1. The van der Waals surface area contributed by atoms with Crippen LogP contribution in [0.25, 0.3) is 11.3 Å². The van der Waals surface area contributed by atoms with Crippen LogP contribution in [0.1, 0.15) is 34.6 Å². The highest BCUT2D eigenvalue weighted by atomic mass is 79.9. The molecule has 1 amide bonds. The van der Waals surface area contributed by atoms with Crippen LogP contribution in [0, 0.1) is 0 Å². The molecule has 7 nitrogen and oxygen atoms in total. The Balaban J connectivity index is 0.00000204. The van der Waals surface area contributed by atoms with E-state index in [4.69, 9.17) is 33.7 Å². The Hall–Kier alpha value is -1.77. The first-order chi connectivity index (χ1) is 13.6. The molecule has 0 spiro atoms. The average Bonchev–Trinajstić information content (AvgIpc) is 2.64. The summed E-state index contributed by atoms with van der Waals surface area (Å²) in [5.41, 5.74) is 6.51. The molecule has 0 fully saturated rings. The van der Waals surface area contributed by atoms with Crippen molar-refractivity contribution in [2.45, 2.75) is 40.2 Å². The van der Waals surface area contributed by atoms with Gasteiger partial charge in [0.25, 0.3) is 0 Å². The van der Waals surface area contributed by atoms with Gasteiger partial charge in [-0.2, -0.15) is 0 Å². The van der Waals surface area contributed by atoms with Crippen molar-refractivity contribution in [3.05, 3.63) is 32.8 Å². The average molecular weight is 507 g/mol. The fraction of sp³-hybridized carbons (Fsp3) is 0.421. The van der Waals surface area contributed by atoms with Gasteiger partial charge in [-0.05, 0) is 42.8 Å². The Morgan fingerprint density at radius 3 is 2.48 bits per heavy atom. The number of alkyl carbamates (subject to hydrolysis) is 1. The summed E-state index contributed by atoms with van der Waals surface area (Å²) >= 11 is 15.6. The number of nitrogens with one attached hydrogen (secondary N) is 2. The largest absolute Gasteiger partial charge is 0.444 e. The molecule has 1 aromatic carbocycles. The van der Waals surface area contributed by atoms with Crippen molar-refractivity contribution in [3.8, 4) is 11.3 Å². The monoisotopic (exact) mass is 505 g/mol. The molecule has 0 aliphatic carbocycles. The lowest BCUT2D eigenvalue weighted by Crippen LogP contribution is -2.35. The van der Waals surface area contributed by atoms with Crippen molar-refractivity contribution in [3.63, 3.8) is 0 Å². The number of halogens is 3. The van der Waals surface area contributed by atoms with Crippen molar-refractivity contribution in [1.29, 1.82) is 0 Å². The maximum absolute atomic E-state index is 11.6. The summed E-state index contributed by atoms with van der Waals surface area (Å²) in [7, 11) is 0. The van der Waals surface area contributed by atoms with E-state index < -0.39 is 11.7 Å². The lowest BCUT2D eigenvalue weighted by molar-refractivity contribution is 0.0530. The fourth-order valence-electron chi connectivity index (χ4n) is 2.08. The van der Waals surface area contributed by atoms with Gasteiger partial charge in [-0.1, -0.05) is 49.2 Å². The number of nitrogens with two attached hydrogens (primary N) is 1. The molecule has 160 valence electrons. The maximum Gasteiger partial charge on any atom is 0.407 e. The molecular formula is C19H26BrCl2N5O2. The predicted octanol–water partition coefficient (Wildman–Crippen LogP) is 5.76. The summed E-state index contributed by atoms with van der Waals surface area (Å²) in [5.74, 6) is 0.644. The zero-order valence-corrected chi connectivity index (χ0v) is 20.2. The quantitative estimate of drug-likeness (QED) is 0.445. The van der Waals surface area contributed by atoms with Gasteiger partial charge < -0.3 is 21.1 Å². The number of hydrogen-bond acceptors (Lipinski definition) is 6. The van der Waals surface area contributed by atoms with Gasteiger partial charge in [0.1, 0.15) is 15.9 Å². The van der Waals surface area contributed by atoms with Crippen LogP contribution in [-0.2, 0) is 4.74 Å². The second-order valence-corrected chi connectivity index (χ2v) is 8.09. The molecule has 29 heavy (non-hydrogen) atoms. The first kappa shape index (κ1) is 25.3. The number of nitrogen functional groups attached to an aromatic ring is 1. The molecular weight excluding hydrogens is 481 g/mol. The van der Waals surface area contributed by atoms with E-state index >= 15 is 0 Å². The minimum atomic E-state index is -0.544. The number of anilines is 2. The summed E-state index contributed by atoms with van der Waals surface area (Å²) in [4.78, 5) is 20.3. The summed E-state index contributed by atoms with van der Waals surface area (Å²) in [6.45, 7) is 10.1. The van der Waals surface area contributed by atoms with Crippen molar-refractivity contribution in [1.82, 2.24) is 15.3 Å². The van der Waals surface area contributed by atoms with Crippen LogP contribution in [0.3, 0.4) is 0 Å². The Labute approximate surface area is 189 Å². The number of aromatic nitrogens is 2. The number of carbonyl (C=O) groups is 1. The van der Waals surface area contributed by atoms with Gasteiger partial charge in [0.15, 0.2) is 11.6 Å². The molecule has 2 rings (SSSR count). The molecule has 0 saturated heterocycles. The summed E-state index contributed by atoms with van der Waals surface area (Å²) in [6.07, 6.45) is -0.486. The molecule has 10 heteroatoms. The van der Waals surface area contributed by atoms with Gasteiger partial charge in [-0.3, -0.25) is 0 Å². The minimum absolute atomic E-state index is 0.199. The molecule has 0 saturated carbocycles. The van der Waals surface area contributed by atoms with Gasteiger partial charge in [0.05, 0.1) is 10.0 Å². The number of ether oxygens (including phenoxy) is 1. The van der Waals surface area contributed by atoms with Crippen molar-refractivity contribution < 1.29 is 9.53 Å². The molecule has 0 aliphatic heterocycles. The van der Waals surface area contributed by atoms with Crippen molar-refractivity contribution in [2.75, 3.05) is 24.1 Å². The first-order valence-electron chi connectivity index (χ1n) is 9.06. The molecule has 2 aromatic rings. The second-order valence-electron chi connectivity index (χ2n) is 6.55. The Morgan fingerprint density at radius 1 is 1.21 bits per heavy atom. The zero-order chi connectivity index (χ0) is 22.2. The standard InChI is InChI=1S/C17H20BrCl2N5O2.C2H6/c1-17(2,3)27-16(26)23-8-7-22-15-13(18)24-12(14(21)25-15)9-5-4-6-10(19)11(9)20;1-2/h4-6H,7-8H2,1-3H3,(H,23,26)(H3,21,22,25);1-2H3. The fourth-order valence-corrected chi connectivity index (χ4v) is 2.88. The summed E-state index contributed by atoms with van der Waals surface area (Å²) in [6, 6.07) is 5.20. The number of nitrogens with zero attached hydrogens (tertiary/aromatic N) is 2. The van der Waals surface area contributed by atoms with Gasteiger partial charge in [0, 0.05) is 18.7 Å². The zero-order valence-electron chi connectivity index (χ0n) is 17.1. The Bertz CT molecular complexity index is 844. The van der Waals surface area contributed by atoms with Gasteiger partial charge >= 0.3 is 6.09 Å². The highest BCUT2D eigenvalue weighted by Crippen LogP contribution is 2.36. The van der Waals surface area contributed by atoms with Crippen LogP contribution in [0.15, 0.2) is 22.8 Å². The van der Waals surface area contributed by atoms with E-state index in [1.807, 2.05) is 13.8 Å². The molecule has 1 heterocycles. The summed E-state index contributed by atoms with van der Waals surface area (Å²) < 4.78 is 5.62. The van der Waals surface area contributed by atoms with Crippen molar-refractivity contribution >= 4 is 56.9 Å². The third-order valence-electron chi connectivity index (χ3n) is 3.17. The highest BCUT2D eigenvalue weighted by Gasteiger charge is 2.17. The molecule has 1 aromatic heterocycles. The van der Waals surface area contributed by atoms with Crippen LogP contribution >= 0.6 is 39.1 Å². The van der Waals surface area contributed by atoms with Crippen LogP contribution in [0.4, 0.5) is 16.4 Å². The molecule has 0 unspecified atom stereocenters.